The van der Waals surface area contributed by atoms with Gasteiger partial charge in [0.1, 0.15) is 23.2 Å². The number of thioether (sulfide) groups is 1. The van der Waals surface area contributed by atoms with Crippen molar-refractivity contribution in [2.75, 3.05) is 0 Å². The molecule has 2 aromatic heterocycles. The topological polar surface area (TPSA) is 117 Å². The minimum Gasteiger partial charge on any atom is -0.469 e. The summed E-state index contributed by atoms with van der Waals surface area (Å²) in [6.07, 6.45) is 1.64. The number of β-lactam (4-membered cyclic amide) rings is 1. The van der Waals surface area contributed by atoms with Gasteiger partial charge in [0.05, 0.1) is 12.7 Å². The molecule has 2 amide bonds. The first-order valence-electron chi connectivity index (χ1n) is 7.53. The van der Waals surface area contributed by atoms with Crippen molar-refractivity contribution in [1.29, 1.82) is 0 Å². The Kier molecular flexibility index (Phi) is 3.37. The first-order valence-corrected chi connectivity index (χ1v) is 8.41. The molecule has 2 aliphatic rings. The summed E-state index contributed by atoms with van der Waals surface area (Å²) in [6.45, 7) is 4.08. The van der Waals surface area contributed by atoms with Gasteiger partial charge >= 0.3 is 0 Å². The van der Waals surface area contributed by atoms with Crippen LogP contribution in [0.3, 0.4) is 0 Å². The average molecular weight is 348 g/mol. The molecule has 2 fully saturated rings. The minimum absolute atomic E-state index is 0.118. The summed E-state index contributed by atoms with van der Waals surface area (Å²) in [7, 11) is 0. The number of H-pyrrole nitrogens is 1. The van der Waals surface area contributed by atoms with E-state index in [-0.39, 0.29) is 34.4 Å². The molecule has 0 radical (unpaired) electrons. The lowest BCUT2D eigenvalue weighted by Crippen LogP contribution is -2.68. The number of hydrogen-bond acceptors (Lipinski definition) is 7. The van der Waals surface area contributed by atoms with Crippen molar-refractivity contribution in [3.05, 3.63) is 30.0 Å². The molecule has 4 rings (SSSR count). The molecule has 2 N–H and O–H groups in total. The first-order chi connectivity index (χ1) is 11.5. The van der Waals surface area contributed by atoms with Crippen molar-refractivity contribution in [2.24, 2.45) is 0 Å². The second kappa shape index (κ2) is 5.33. The molecule has 2 saturated heterocycles. The zero-order chi connectivity index (χ0) is 16.9. The van der Waals surface area contributed by atoms with Crippen LogP contribution in [0.15, 0.2) is 22.8 Å². The summed E-state index contributed by atoms with van der Waals surface area (Å²) in [5.41, 5.74) is 0. The van der Waals surface area contributed by atoms with Gasteiger partial charge in [-0.3, -0.25) is 9.59 Å². The number of tetrazole rings is 1. The van der Waals surface area contributed by atoms with Gasteiger partial charge in [-0.1, -0.05) is 0 Å². The molecule has 10 heteroatoms. The molecule has 2 aliphatic heterocycles. The zero-order valence-electron chi connectivity index (χ0n) is 13.1. The van der Waals surface area contributed by atoms with Crippen molar-refractivity contribution in [3.8, 4) is 0 Å². The monoisotopic (exact) mass is 348 g/mol. The summed E-state index contributed by atoms with van der Waals surface area (Å²) in [5, 5.41) is 16.6. The Morgan fingerprint density at radius 1 is 1.54 bits per heavy atom. The van der Waals surface area contributed by atoms with E-state index in [0.29, 0.717) is 11.6 Å². The number of carbonyl (C=O) groups excluding carboxylic acids is 2. The van der Waals surface area contributed by atoms with Crippen molar-refractivity contribution in [2.45, 2.75) is 42.5 Å². The number of carbonyl (C=O) groups is 2. The van der Waals surface area contributed by atoms with Gasteiger partial charge in [0.15, 0.2) is 5.82 Å². The van der Waals surface area contributed by atoms with Gasteiger partial charge in [-0.2, -0.15) is 0 Å². The van der Waals surface area contributed by atoms with E-state index in [2.05, 4.69) is 25.9 Å². The third-order valence-electron chi connectivity index (χ3n) is 4.29. The number of rotatable bonds is 4. The molecular formula is C14H16N6O3S. The normalized spacial score (nSPS) is 27.7. The number of aromatic amines is 1. The molecule has 0 aliphatic carbocycles. The number of fused-ring (bicyclic) bond motifs is 1. The number of nitrogens with zero attached hydrogens (tertiary/aromatic N) is 4. The van der Waals surface area contributed by atoms with Crippen LogP contribution in [0.1, 0.15) is 31.5 Å². The average Bonchev–Trinajstić information content (AvgIpc) is 3.24. The predicted molar refractivity (Wildman–Crippen MR) is 83.6 cm³/mol. The Balaban J connectivity index is 1.48. The molecule has 126 valence electrons. The fourth-order valence-corrected chi connectivity index (χ4v) is 4.90. The summed E-state index contributed by atoms with van der Waals surface area (Å²) >= 11 is 1.64. The van der Waals surface area contributed by atoms with Crippen LogP contribution in [0.25, 0.3) is 0 Å². The fraction of sp³-hybridized carbons (Fsp3) is 0.500. The highest BCUT2D eigenvalue weighted by atomic mass is 32.2. The van der Waals surface area contributed by atoms with Crippen LogP contribution >= 0.6 is 11.8 Å². The van der Waals surface area contributed by atoms with Gasteiger partial charge in [-0.25, -0.2) is 5.10 Å². The highest BCUT2D eigenvalue weighted by Gasteiger charge is 2.63. The van der Waals surface area contributed by atoms with Gasteiger partial charge in [-0.05, 0) is 36.4 Å². The number of hydrogen-bond donors (Lipinski definition) is 2. The Morgan fingerprint density at radius 2 is 2.38 bits per heavy atom. The first kappa shape index (κ1) is 15.2. The highest BCUT2D eigenvalue weighted by Crippen LogP contribution is 2.56. The van der Waals surface area contributed by atoms with Gasteiger partial charge in [0.25, 0.3) is 0 Å². The quantitative estimate of drug-likeness (QED) is 0.761. The molecule has 9 nitrogen and oxygen atoms in total. The van der Waals surface area contributed by atoms with Crippen molar-refractivity contribution >= 4 is 23.6 Å². The van der Waals surface area contributed by atoms with Crippen LogP contribution in [-0.4, -0.2) is 53.5 Å². The second-order valence-corrected chi connectivity index (χ2v) is 8.12. The Hall–Kier alpha value is -2.36. The van der Waals surface area contributed by atoms with E-state index < -0.39 is 6.04 Å². The molecule has 3 unspecified atom stereocenters. The number of nitrogens with one attached hydrogen (secondary N) is 2. The van der Waals surface area contributed by atoms with E-state index in [1.165, 1.54) is 6.26 Å². The lowest BCUT2D eigenvalue weighted by atomic mass is 9.95. The maximum Gasteiger partial charge on any atom is 0.249 e. The predicted octanol–water partition coefficient (Wildman–Crippen LogP) is 0.255. The fourth-order valence-electron chi connectivity index (χ4n) is 3.27. The number of aromatic nitrogens is 4. The Labute approximate surface area is 141 Å². The van der Waals surface area contributed by atoms with Crippen molar-refractivity contribution in [1.82, 2.24) is 30.8 Å². The number of amides is 2. The molecule has 24 heavy (non-hydrogen) atoms. The molecule has 0 aromatic carbocycles. The van der Waals surface area contributed by atoms with Crippen molar-refractivity contribution < 1.29 is 14.0 Å². The molecule has 0 spiro atoms. The van der Waals surface area contributed by atoms with E-state index >= 15 is 0 Å². The van der Waals surface area contributed by atoms with Crippen LogP contribution < -0.4 is 5.32 Å². The summed E-state index contributed by atoms with van der Waals surface area (Å²) < 4.78 is 4.90. The van der Waals surface area contributed by atoms with Crippen molar-refractivity contribution in [3.63, 3.8) is 0 Å². The summed E-state index contributed by atoms with van der Waals surface area (Å²) in [4.78, 5) is 26.4. The smallest absolute Gasteiger partial charge is 0.249 e. The van der Waals surface area contributed by atoms with Crippen LogP contribution in [0.2, 0.25) is 0 Å². The van der Waals surface area contributed by atoms with E-state index in [1.807, 2.05) is 13.8 Å². The third-order valence-corrected chi connectivity index (χ3v) is 5.86. The molecule has 3 atom stereocenters. The number of furan rings is 1. The van der Waals surface area contributed by atoms with E-state index in [9.17, 15) is 9.59 Å². The Morgan fingerprint density at radius 3 is 3.04 bits per heavy atom. The van der Waals surface area contributed by atoms with Gasteiger partial charge < -0.3 is 14.6 Å². The Bertz CT molecular complexity index is 760. The lowest BCUT2D eigenvalue weighted by molar-refractivity contribution is -0.151. The molecule has 2 aromatic rings. The van der Waals surface area contributed by atoms with E-state index in [1.54, 1.807) is 28.8 Å². The van der Waals surface area contributed by atoms with Gasteiger partial charge in [0, 0.05) is 4.75 Å². The molecule has 0 saturated carbocycles. The standard InChI is InChI=1S/C14H16N6O3S/c1-14(2)10(11-16-18-19-17-11)20-12(22)9(13(20)24-14)15-8(21)6-7-4-3-5-23-7/h3-5,9-10,13H,6H2,1-2H3,(H,15,21)(H,16,17,18,19). The van der Waals surface area contributed by atoms with E-state index in [0.717, 1.165) is 0 Å². The van der Waals surface area contributed by atoms with Crippen LogP contribution in [0.5, 0.6) is 0 Å². The summed E-state index contributed by atoms with van der Waals surface area (Å²) in [6, 6.07) is 2.69. The lowest BCUT2D eigenvalue weighted by Gasteiger charge is -2.44. The molecular weight excluding hydrogens is 332 g/mol. The maximum absolute atomic E-state index is 12.6. The maximum atomic E-state index is 12.6. The van der Waals surface area contributed by atoms with Gasteiger partial charge in [0.2, 0.25) is 11.8 Å². The van der Waals surface area contributed by atoms with Crippen LogP contribution in [0.4, 0.5) is 0 Å². The summed E-state index contributed by atoms with van der Waals surface area (Å²) in [5.74, 6) is 0.781. The highest BCUT2D eigenvalue weighted by molar-refractivity contribution is 8.01. The molecule has 0 bridgehead atoms. The zero-order valence-corrected chi connectivity index (χ0v) is 13.9. The SMILES string of the molecule is CC1(C)SC2C(NC(=O)Cc3ccco3)C(=O)N2C1c1nnn[nH]1. The minimum atomic E-state index is -0.530. The second-order valence-electron chi connectivity index (χ2n) is 6.35. The van der Waals surface area contributed by atoms with Crippen LogP contribution in [0, 0.1) is 0 Å². The van der Waals surface area contributed by atoms with E-state index in [4.69, 9.17) is 4.42 Å². The largest absolute Gasteiger partial charge is 0.469 e. The third kappa shape index (κ3) is 2.29. The van der Waals surface area contributed by atoms with Crippen LogP contribution in [-0.2, 0) is 16.0 Å². The molecule has 4 heterocycles. The van der Waals surface area contributed by atoms with Gasteiger partial charge in [-0.15, -0.1) is 16.9 Å².